The number of ether oxygens (including phenoxy) is 2. The van der Waals surface area contributed by atoms with E-state index in [-0.39, 0.29) is 30.8 Å². The number of nitrogens with zero attached hydrogens (tertiary/aromatic N) is 6. The van der Waals surface area contributed by atoms with Crippen LogP contribution in [-0.2, 0) is 17.9 Å². The van der Waals surface area contributed by atoms with Gasteiger partial charge in [-0.3, -0.25) is 28.9 Å². The minimum absolute atomic E-state index is 0.0410. The fourth-order valence-corrected chi connectivity index (χ4v) is 6.54. The van der Waals surface area contributed by atoms with E-state index in [0.29, 0.717) is 78.2 Å². The van der Waals surface area contributed by atoms with E-state index >= 15 is 0 Å². The number of carbonyl (C=O) groups is 1. The first-order chi connectivity index (χ1) is 23.8. The number of hydrogen-bond donors (Lipinski definition) is 1. The van der Waals surface area contributed by atoms with Crippen molar-refractivity contribution in [2.45, 2.75) is 33.0 Å². The van der Waals surface area contributed by atoms with E-state index in [0.717, 1.165) is 38.3 Å². The van der Waals surface area contributed by atoms with E-state index in [1.165, 1.54) is 0 Å². The number of rotatable bonds is 12. The summed E-state index contributed by atoms with van der Waals surface area (Å²) in [7, 11) is 0. The summed E-state index contributed by atoms with van der Waals surface area (Å²) in [6, 6.07) is 20.5. The maximum Gasteiger partial charge on any atom is 0.266 e. The Balaban J connectivity index is 1.23. The van der Waals surface area contributed by atoms with Crippen molar-refractivity contribution >= 4 is 28.4 Å². The lowest BCUT2D eigenvalue weighted by atomic mass is 10.1. The molecule has 12 heteroatoms. The van der Waals surface area contributed by atoms with Gasteiger partial charge in [-0.2, -0.15) is 0 Å². The number of aliphatic hydroxyl groups is 1. The predicted octanol–water partition coefficient (Wildman–Crippen LogP) is 3.66. The monoisotopic (exact) mass is 688 g/mol. The third-order valence-corrected chi connectivity index (χ3v) is 9.28. The number of aromatic nitrogens is 2. The normalized spacial score (nSPS) is 16.4. The summed E-state index contributed by atoms with van der Waals surface area (Å²) >= 11 is 5.96. The zero-order valence-corrected chi connectivity index (χ0v) is 29.0. The van der Waals surface area contributed by atoms with Crippen molar-refractivity contribution in [1.82, 2.24) is 29.2 Å². The quantitative estimate of drug-likeness (QED) is 0.239. The lowest BCUT2D eigenvalue weighted by Crippen LogP contribution is -2.50. The maximum absolute atomic E-state index is 14.3. The van der Waals surface area contributed by atoms with Crippen molar-refractivity contribution in [3.8, 4) is 17.2 Å². The summed E-state index contributed by atoms with van der Waals surface area (Å²) in [6.45, 7) is 12.0. The summed E-state index contributed by atoms with van der Waals surface area (Å²) in [5, 5.41) is 10.5. The minimum Gasteiger partial charge on any atom is -0.489 e. The van der Waals surface area contributed by atoms with Gasteiger partial charge in [0.05, 0.1) is 35.8 Å². The van der Waals surface area contributed by atoms with Crippen LogP contribution < -0.4 is 15.0 Å². The van der Waals surface area contributed by atoms with Crippen LogP contribution in [0.3, 0.4) is 0 Å². The number of halogens is 1. The van der Waals surface area contributed by atoms with Crippen LogP contribution in [-0.4, -0.2) is 118 Å². The Hall–Kier alpha value is -4.00. The number of fused-ring (bicyclic) bond motifs is 1. The SMILES string of the molecule is CC(C)Oc1ccc(CN2CCN(CCO)CC2)cc1-n1c(CN2CCN(C(=O)COc3ccc(Cl)cc3)CC2)nc2ccccc2c1=O. The van der Waals surface area contributed by atoms with E-state index in [1.807, 2.05) is 49.1 Å². The number of carbonyl (C=O) groups excluding carboxylic acids is 1. The molecule has 260 valence electrons. The van der Waals surface area contributed by atoms with Crippen molar-refractivity contribution in [3.05, 3.63) is 93.5 Å². The average molecular weight is 689 g/mol. The van der Waals surface area contributed by atoms with Gasteiger partial charge >= 0.3 is 0 Å². The first-order valence-corrected chi connectivity index (χ1v) is 17.4. The standard InChI is InChI=1S/C37H45ClN6O5/c1-27(2)49-34-12-7-28(24-41-15-13-40(14-16-41)21-22-45)23-33(34)44-35(39-32-6-4-3-5-31(32)37(44)47)25-42-17-19-43(20-18-42)36(46)26-48-30-10-8-29(38)9-11-30/h3-12,23,27,45H,13-22,24-26H2,1-2H3. The molecule has 3 heterocycles. The van der Waals surface area contributed by atoms with Crippen LogP contribution in [0.4, 0.5) is 0 Å². The first-order valence-electron chi connectivity index (χ1n) is 17.0. The Bertz CT molecular complexity index is 1780. The summed E-state index contributed by atoms with van der Waals surface area (Å²) in [6.07, 6.45) is -0.0916. The molecule has 49 heavy (non-hydrogen) atoms. The van der Waals surface area contributed by atoms with Crippen molar-refractivity contribution in [1.29, 1.82) is 0 Å². The number of para-hydroxylation sites is 1. The van der Waals surface area contributed by atoms with Crippen LogP contribution in [0.25, 0.3) is 16.6 Å². The first kappa shape index (κ1) is 34.8. The number of piperazine rings is 2. The molecule has 6 rings (SSSR count). The van der Waals surface area contributed by atoms with Crippen LogP contribution in [0.15, 0.2) is 71.5 Å². The topological polar surface area (TPSA) is 104 Å². The highest BCUT2D eigenvalue weighted by atomic mass is 35.5. The largest absolute Gasteiger partial charge is 0.489 e. The maximum atomic E-state index is 14.3. The summed E-state index contributed by atoms with van der Waals surface area (Å²) in [5.74, 6) is 1.78. The molecule has 0 radical (unpaired) electrons. The number of β-amino-alcohol motifs (C(OH)–C–C–N with tert-alkyl or cyclic N) is 1. The average Bonchev–Trinajstić information content (AvgIpc) is 3.10. The molecule has 11 nitrogen and oxygen atoms in total. The Morgan fingerprint density at radius 3 is 2.27 bits per heavy atom. The molecule has 4 aromatic rings. The molecule has 0 unspecified atom stereocenters. The van der Waals surface area contributed by atoms with E-state index in [4.69, 9.17) is 26.1 Å². The van der Waals surface area contributed by atoms with Crippen molar-refractivity contribution < 1.29 is 19.4 Å². The molecule has 0 atom stereocenters. The summed E-state index contributed by atoms with van der Waals surface area (Å²) in [4.78, 5) is 41.0. The molecule has 0 bridgehead atoms. The van der Waals surface area contributed by atoms with Gasteiger partial charge < -0.3 is 19.5 Å². The van der Waals surface area contributed by atoms with Gasteiger partial charge in [0, 0.05) is 70.5 Å². The van der Waals surface area contributed by atoms with E-state index in [9.17, 15) is 14.7 Å². The van der Waals surface area contributed by atoms with Gasteiger partial charge in [-0.1, -0.05) is 29.8 Å². The molecule has 2 aliphatic rings. The second-order valence-corrected chi connectivity index (χ2v) is 13.3. The van der Waals surface area contributed by atoms with Crippen LogP contribution in [0, 0.1) is 0 Å². The van der Waals surface area contributed by atoms with Gasteiger partial charge in [0.2, 0.25) is 0 Å². The molecule has 3 aromatic carbocycles. The highest BCUT2D eigenvalue weighted by Crippen LogP contribution is 2.28. The van der Waals surface area contributed by atoms with E-state index < -0.39 is 0 Å². The second-order valence-electron chi connectivity index (χ2n) is 12.9. The molecular weight excluding hydrogens is 644 g/mol. The zero-order valence-electron chi connectivity index (χ0n) is 28.3. The zero-order chi connectivity index (χ0) is 34.3. The smallest absolute Gasteiger partial charge is 0.266 e. The fourth-order valence-electron chi connectivity index (χ4n) is 6.42. The van der Waals surface area contributed by atoms with E-state index in [2.05, 4.69) is 26.8 Å². The highest BCUT2D eigenvalue weighted by molar-refractivity contribution is 6.30. The summed E-state index contributed by atoms with van der Waals surface area (Å²) < 4.78 is 13.7. The Morgan fingerprint density at radius 2 is 1.55 bits per heavy atom. The molecule has 0 aliphatic carbocycles. The lowest BCUT2D eigenvalue weighted by molar-refractivity contribution is -0.135. The lowest BCUT2D eigenvalue weighted by Gasteiger charge is -2.35. The van der Waals surface area contributed by atoms with Crippen LogP contribution in [0.2, 0.25) is 5.02 Å². The van der Waals surface area contributed by atoms with Crippen molar-refractivity contribution in [3.63, 3.8) is 0 Å². The molecule has 1 N–H and O–H groups in total. The Kier molecular flexibility index (Phi) is 11.5. The predicted molar refractivity (Wildman–Crippen MR) is 191 cm³/mol. The van der Waals surface area contributed by atoms with Crippen molar-refractivity contribution in [2.75, 3.05) is 72.1 Å². The molecule has 2 aliphatic heterocycles. The highest BCUT2D eigenvalue weighted by Gasteiger charge is 2.25. The van der Waals surface area contributed by atoms with Gasteiger partial charge in [0.15, 0.2) is 6.61 Å². The number of hydrogen-bond acceptors (Lipinski definition) is 9. The van der Waals surface area contributed by atoms with E-state index in [1.54, 1.807) is 28.8 Å². The van der Waals surface area contributed by atoms with Gasteiger partial charge in [-0.05, 0) is 67.9 Å². The molecular formula is C37H45ClN6O5. The molecule has 2 saturated heterocycles. The molecule has 1 amide bonds. The molecule has 1 aromatic heterocycles. The van der Waals surface area contributed by atoms with Gasteiger partial charge in [-0.25, -0.2) is 4.98 Å². The number of benzene rings is 3. The van der Waals surface area contributed by atoms with Gasteiger partial charge in [-0.15, -0.1) is 0 Å². The number of amides is 1. The summed E-state index contributed by atoms with van der Waals surface area (Å²) in [5.41, 5.74) is 2.27. The third kappa shape index (κ3) is 8.78. The Labute approximate surface area is 292 Å². The van der Waals surface area contributed by atoms with Crippen LogP contribution >= 0.6 is 11.6 Å². The van der Waals surface area contributed by atoms with Crippen molar-refractivity contribution in [2.24, 2.45) is 0 Å². The number of aliphatic hydroxyl groups excluding tert-OH is 1. The van der Waals surface area contributed by atoms with Gasteiger partial charge in [0.25, 0.3) is 11.5 Å². The molecule has 0 saturated carbocycles. The fraction of sp³-hybridized carbons (Fsp3) is 0.432. The minimum atomic E-state index is -0.142. The third-order valence-electron chi connectivity index (χ3n) is 9.03. The van der Waals surface area contributed by atoms with Crippen LogP contribution in [0.1, 0.15) is 25.2 Å². The Morgan fingerprint density at radius 1 is 0.878 bits per heavy atom. The van der Waals surface area contributed by atoms with Crippen LogP contribution in [0.5, 0.6) is 11.5 Å². The molecule has 2 fully saturated rings. The second kappa shape index (κ2) is 16.1. The molecule has 0 spiro atoms. The van der Waals surface area contributed by atoms with Gasteiger partial charge in [0.1, 0.15) is 17.3 Å².